The summed E-state index contributed by atoms with van der Waals surface area (Å²) in [7, 11) is 0. The number of rotatable bonds is 26. The minimum absolute atomic E-state index is 0.00526. The van der Waals surface area contributed by atoms with Crippen molar-refractivity contribution in [2.45, 2.75) is 87.2 Å². The zero-order chi connectivity index (χ0) is 50.3. The van der Waals surface area contributed by atoms with Crippen molar-refractivity contribution >= 4 is 40.0 Å². The van der Waals surface area contributed by atoms with Gasteiger partial charge < -0.3 is 34.0 Å². The summed E-state index contributed by atoms with van der Waals surface area (Å²) in [6, 6.07) is 35.7. The van der Waals surface area contributed by atoms with Crippen LogP contribution in [-0.2, 0) is 27.5 Å². The number of hydrogen-bond donors (Lipinski definition) is 2. The third kappa shape index (κ3) is 12.1. The highest BCUT2D eigenvalue weighted by Crippen LogP contribution is 2.62. The fraction of sp³-hybridized carbons (Fsp3) is 0.379. The van der Waals surface area contributed by atoms with Gasteiger partial charge in [0.1, 0.15) is 24.1 Å². The molecular weight excluding hydrogens is 931 g/mol. The Balaban J connectivity index is 1.30. The van der Waals surface area contributed by atoms with Crippen LogP contribution in [0.15, 0.2) is 162 Å². The molecule has 0 bridgehead atoms. The maximum Gasteiger partial charge on any atom is 0.410 e. The van der Waals surface area contributed by atoms with E-state index in [1.807, 2.05) is 66.7 Å². The molecule has 2 N–H and O–H groups in total. The first-order chi connectivity index (χ1) is 35.3. The number of unbranched alkanes of at least 4 members (excludes halogenated alkanes) is 2. The van der Waals surface area contributed by atoms with Gasteiger partial charge in [-0.05, 0) is 114 Å². The van der Waals surface area contributed by atoms with Crippen LogP contribution in [0.25, 0.3) is 10.8 Å². The van der Waals surface area contributed by atoms with Crippen molar-refractivity contribution in [2.75, 3.05) is 38.8 Å². The molecule has 6 atom stereocenters. The number of thioether (sulfide) groups is 1. The van der Waals surface area contributed by atoms with Gasteiger partial charge in [-0.1, -0.05) is 96.9 Å². The molecular formula is C58H65N3O10S. The number of hydrogen-bond acceptors (Lipinski definition) is 12. The third-order valence-electron chi connectivity index (χ3n) is 13.9. The van der Waals surface area contributed by atoms with Crippen LogP contribution in [0.5, 0.6) is 11.5 Å². The van der Waals surface area contributed by atoms with Crippen molar-refractivity contribution in [1.82, 2.24) is 4.90 Å². The van der Waals surface area contributed by atoms with Crippen molar-refractivity contribution < 1.29 is 43.7 Å². The standard InChI is InChI=1S/C58H65N3O10S/c1-3-5-33-68-57(64)60(39-44-19-15-18-42-16-9-10-22-48(42)44)54-38-52(59-70-40-41-24-26-45(27-25-41)61(65)66)50-36-43(17-11-13-30-62)49(23-12-14-31-63)55-51-37-46(67-34-35-72-47-20-7-6-8-21-47)28-29-53(51)71-58(54,56(50)55)69-32-4-2/h3-4,6-10,15-16,18-22,24-29,36-37,43,49,54-56,62-63H,1-2,5,11-14,17,23,30-35,38-40H2. The monoisotopic (exact) mass is 995 g/mol. The molecule has 3 aliphatic rings. The molecule has 5 aromatic rings. The summed E-state index contributed by atoms with van der Waals surface area (Å²) in [5.41, 5.74) is 3.98. The molecule has 2 aliphatic carbocycles. The molecule has 14 heteroatoms. The quantitative estimate of drug-likeness (QED) is 0.0178. The van der Waals surface area contributed by atoms with E-state index < -0.39 is 28.8 Å². The van der Waals surface area contributed by atoms with Crippen LogP contribution in [0.4, 0.5) is 10.5 Å². The number of allylic oxidation sites excluding steroid dienone is 1. The van der Waals surface area contributed by atoms with Gasteiger partial charge in [0.25, 0.3) is 5.69 Å². The average molecular weight is 996 g/mol. The van der Waals surface area contributed by atoms with Gasteiger partial charge >= 0.3 is 6.09 Å². The molecule has 1 fully saturated rings. The first kappa shape index (κ1) is 51.9. The summed E-state index contributed by atoms with van der Waals surface area (Å²) in [4.78, 5) is 35.3. The first-order valence-corrected chi connectivity index (χ1v) is 26.0. The lowest BCUT2D eigenvalue weighted by molar-refractivity contribution is -0.384. The molecule has 0 spiro atoms. The number of aliphatic hydroxyl groups excluding tert-OH is 2. The Labute approximate surface area is 426 Å². The molecule has 1 aliphatic heterocycles. The van der Waals surface area contributed by atoms with Crippen molar-refractivity contribution in [3.8, 4) is 11.5 Å². The largest absolute Gasteiger partial charge is 0.493 e. The number of ether oxygens (including phenoxy) is 4. The van der Waals surface area contributed by atoms with Crippen molar-refractivity contribution in [3.05, 3.63) is 179 Å². The number of aliphatic hydroxyl groups is 2. The number of non-ortho nitro benzene ring substituents is 1. The van der Waals surface area contributed by atoms with Gasteiger partial charge in [0.15, 0.2) is 0 Å². The number of carbonyl (C=O) groups excluding carboxylic acids is 1. The van der Waals surface area contributed by atoms with Crippen molar-refractivity contribution in [1.29, 1.82) is 0 Å². The van der Waals surface area contributed by atoms with E-state index in [0.29, 0.717) is 48.6 Å². The molecule has 6 unspecified atom stereocenters. The predicted octanol–water partition coefficient (Wildman–Crippen LogP) is 12.0. The number of fused-ring (bicyclic) bond motifs is 3. The maximum absolute atomic E-state index is 15.1. The Kier molecular flexibility index (Phi) is 18.2. The lowest BCUT2D eigenvalue weighted by atomic mass is 9.55. The molecule has 378 valence electrons. The van der Waals surface area contributed by atoms with Crippen molar-refractivity contribution in [2.24, 2.45) is 22.9 Å². The van der Waals surface area contributed by atoms with E-state index in [2.05, 4.69) is 43.5 Å². The zero-order valence-electron chi connectivity index (χ0n) is 40.7. The highest BCUT2D eigenvalue weighted by Gasteiger charge is 2.65. The molecule has 5 aromatic carbocycles. The minimum Gasteiger partial charge on any atom is -0.493 e. The fourth-order valence-electron chi connectivity index (χ4n) is 10.7. The Bertz CT molecular complexity index is 2690. The van der Waals surface area contributed by atoms with Crippen LogP contribution < -0.4 is 9.47 Å². The summed E-state index contributed by atoms with van der Waals surface area (Å²) in [6.07, 6.45) is 10.1. The van der Waals surface area contributed by atoms with Crippen LogP contribution >= 0.6 is 11.8 Å². The van der Waals surface area contributed by atoms with Crippen molar-refractivity contribution in [3.63, 3.8) is 0 Å². The number of amides is 1. The lowest BCUT2D eigenvalue weighted by Gasteiger charge is -2.60. The second-order valence-electron chi connectivity index (χ2n) is 18.4. The van der Waals surface area contributed by atoms with Gasteiger partial charge in [-0.3, -0.25) is 15.0 Å². The van der Waals surface area contributed by atoms with E-state index in [-0.39, 0.29) is 69.4 Å². The number of nitro groups is 1. The van der Waals surface area contributed by atoms with Gasteiger partial charge in [0.2, 0.25) is 5.79 Å². The van der Waals surface area contributed by atoms with Crippen LogP contribution in [0, 0.1) is 27.9 Å². The summed E-state index contributed by atoms with van der Waals surface area (Å²) in [6.45, 7) is 8.92. The van der Waals surface area contributed by atoms with Crippen LogP contribution in [0.2, 0.25) is 0 Å². The van der Waals surface area contributed by atoms with Gasteiger partial charge in [0, 0.05) is 53.9 Å². The average Bonchev–Trinajstić information content (AvgIpc) is 3.40. The maximum atomic E-state index is 15.1. The normalized spacial score (nSPS) is 21.4. The second kappa shape index (κ2) is 25.3. The zero-order valence-corrected chi connectivity index (χ0v) is 41.5. The van der Waals surface area contributed by atoms with E-state index >= 15 is 4.79 Å². The minimum atomic E-state index is -1.53. The first-order valence-electron chi connectivity index (χ1n) is 25.0. The molecule has 0 aromatic heterocycles. The summed E-state index contributed by atoms with van der Waals surface area (Å²) in [5, 5.41) is 38.6. The summed E-state index contributed by atoms with van der Waals surface area (Å²) >= 11 is 1.73. The Hall–Kier alpha value is -6.45. The highest BCUT2D eigenvalue weighted by atomic mass is 32.2. The summed E-state index contributed by atoms with van der Waals surface area (Å²) < 4.78 is 27.3. The third-order valence-corrected chi connectivity index (χ3v) is 14.9. The van der Waals surface area contributed by atoms with E-state index in [1.54, 1.807) is 40.9 Å². The molecule has 1 heterocycles. The lowest BCUT2D eigenvalue weighted by Crippen LogP contribution is -2.70. The predicted molar refractivity (Wildman–Crippen MR) is 281 cm³/mol. The second-order valence-corrected chi connectivity index (χ2v) is 19.6. The Morgan fingerprint density at radius 3 is 2.43 bits per heavy atom. The SMILES string of the molecule is C=CCCOC(=O)N(Cc1cccc2ccccc12)C1CC(=NOCc2ccc([N+](=O)[O-])cc2)C2=CC(CCCCO)C(CCCCO)C3c4cc(OCCSc5ccccc5)ccc4OC1(OCC=C)C23. The number of nitrogens with zero attached hydrogens (tertiary/aromatic N) is 3. The van der Waals surface area contributed by atoms with Gasteiger partial charge in [-0.25, -0.2) is 4.79 Å². The molecule has 0 saturated heterocycles. The number of carbonyl (C=O) groups is 1. The van der Waals surface area contributed by atoms with E-state index in [0.717, 1.165) is 63.8 Å². The highest BCUT2D eigenvalue weighted by molar-refractivity contribution is 7.99. The van der Waals surface area contributed by atoms with Gasteiger partial charge in [0.05, 0.1) is 42.9 Å². The van der Waals surface area contributed by atoms with E-state index in [9.17, 15) is 20.3 Å². The van der Waals surface area contributed by atoms with E-state index in [1.165, 1.54) is 12.1 Å². The molecule has 1 amide bonds. The molecule has 13 nitrogen and oxygen atoms in total. The number of nitro benzene ring substituents is 1. The number of benzene rings is 5. The Morgan fingerprint density at radius 2 is 1.67 bits per heavy atom. The van der Waals surface area contributed by atoms with E-state index in [4.69, 9.17) is 28.9 Å². The van der Waals surface area contributed by atoms with Gasteiger partial charge in [-0.2, -0.15) is 0 Å². The van der Waals surface area contributed by atoms with Crippen LogP contribution in [0.3, 0.4) is 0 Å². The topological polar surface area (TPSA) is 162 Å². The Morgan fingerprint density at radius 1 is 0.903 bits per heavy atom. The van der Waals surface area contributed by atoms with Crippen LogP contribution in [0.1, 0.15) is 74.0 Å². The smallest absolute Gasteiger partial charge is 0.410 e. The van der Waals surface area contributed by atoms with Crippen LogP contribution in [-0.4, -0.2) is 82.5 Å². The number of oxime groups is 1. The molecule has 72 heavy (non-hydrogen) atoms. The summed E-state index contributed by atoms with van der Waals surface area (Å²) in [5.74, 6) is -0.333. The molecule has 8 rings (SSSR count). The fourth-order valence-corrected chi connectivity index (χ4v) is 11.5. The van der Waals surface area contributed by atoms with Gasteiger partial charge in [-0.15, -0.1) is 24.9 Å². The molecule has 0 radical (unpaired) electrons. The molecule has 1 saturated carbocycles.